The second-order valence-corrected chi connectivity index (χ2v) is 4.51. The third-order valence-corrected chi connectivity index (χ3v) is 2.94. The van der Waals surface area contributed by atoms with Crippen LogP contribution < -0.4 is 9.47 Å². The summed E-state index contributed by atoms with van der Waals surface area (Å²) in [6.45, 7) is 5.01. The van der Waals surface area contributed by atoms with E-state index in [4.69, 9.17) is 9.47 Å². The lowest BCUT2D eigenvalue weighted by Gasteiger charge is -2.17. The van der Waals surface area contributed by atoms with Gasteiger partial charge in [-0.15, -0.1) is 0 Å². The fraction of sp³-hybridized carbons (Fsp3) is 0.600. The Hall–Kier alpha value is -1.22. The molecule has 0 saturated heterocycles. The Kier molecular flexibility index (Phi) is 7.26. The van der Waals surface area contributed by atoms with Crippen LogP contribution in [0.25, 0.3) is 0 Å². The number of methoxy groups -OCH3 is 1. The third kappa shape index (κ3) is 5.41. The van der Waals surface area contributed by atoms with Gasteiger partial charge in [0.2, 0.25) is 0 Å². The largest absolute Gasteiger partial charge is 0.493 e. The summed E-state index contributed by atoms with van der Waals surface area (Å²) in [5.41, 5.74) is 0. The van der Waals surface area contributed by atoms with E-state index in [2.05, 4.69) is 18.9 Å². The molecule has 0 fully saturated rings. The molecule has 0 amide bonds. The van der Waals surface area contributed by atoms with Gasteiger partial charge < -0.3 is 14.4 Å². The molecule has 3 nitrogen and oxygen atoms in total. The molecule has 0 saturated carbocycles. The minimum absolute atomic E-state index is 0.697. The molecule has 0 bridgehead atoms. The van der Waals surface area contributed by atoms with Crippen molar-refractivity contribution in [2.24, 2.45) is 0 Å². The van der Waals surface area contributed by atoms with Crippen molar-refractivity contribution in [3.8, 4) is 11.5 Å². The van der Waals surface area contributed by atoms with E-state index in [-0.39, 0.29) is 0 Å². The van der Waals surface area contributed by atoms with Crippen LogP contribution in [-0.4, -0.2) is 38.8 Å². The average molecular weight is 251 g/mol. The van der Waals surface area contributed by atoms with E-state index in [9.17, 15) is 0 Å². The molecule has 1 aromatic carbocycles. The summed E-state index contributed by atoms with van der Waals surface area (Å²) in [5, 5.41) is 0. The number of para-hydroxylation sites is 2. The predicted octanol–water partition coefficient (Wildman–Crippen LogP) is 3.20. The molecule has 1 rings (SSSR count). The number of rotatable bonds is 9. The molecule has 0 aliphatic heterocycles. The molecule has 0 radical (unpaired) electrons. The van der Waals surface area contributed by atoms with E-state index < -0.39 is 0 Å². The molecule has 1 aromatic rings. The Bertz CT molecular complexity index is 328. The van der Waals surface area contributed by atoms with Crippen molar-refractivity contribution >= 4 is 0 Å². The maximum Gasteiger partial charge on any atom is 0.161 e. The summed E-state index contributed by atoms with van der Waals surface area (Å²) in [5.74, 6) is 1.62. The van der Waals surface area contributed by atoms with Crippen LogP contribution in [0.2, 0.25) is 0 Å². The lowest BCUT2D eigenvalue weighted by atomic mass is 10.2. The maximum absolute atomic E-state index is 5.74. The summed E-state index contributed by atoms with van der Waals surface area (Å²) in [6.07, 6.45) is 3.84. The first-order valence-corrected chi connectivity index (χ1v) is 6.72. The Labute approximate surface area is 111 Å². The lowest BCUT2D eigenvalue weighted by molar-refractivity contribution is 0.228. The van der Waals surface area contributed by atoms with Gasteiger partial charge in [-0.05, 0) is 32.1 Å². The SMILES string of the molecule is CCCCCN(C)CCOc1ccccc1OC. The van der Waals surface area contributed by atoms with Gasteiger partial charge >= 0.3 is 0 Å². The van der Waals surface area contributed by atoms with Gasteiger partial charge in [-0.1, -0.05) is 31.9 Å². The number of hydrogen-bond acceptors (Lipinski definition) is 3. The van der Waals surface area contributed by atoms with Crippen LogP contribution in [0, 0.1) is 0 Å². The molecule has 3 heteroatoms. The van der Waals surface area contributed by atoms with Crippen molar-refractivity contribution < 1.29 is 9.47 Å². The van der Waals surface area contributed by atoms with E-state index in [0.29, 0.717) is 6.61 Å². The fourth-order valence-corrected chi connectivity index (χ4v) is 1.79. The molecule has 0 N–H and O–H groups in total. The highest BCUT2D eigenvalue weighted by Crippen LogP contribution is 2.25. The first-order valence-electron chi connectivity index (χ1n) is 6.72. The van der Waals surface area contributed by atoms with Gasteiger partial charge in [0.05, 0.1) is 7.11 Å². The average Bonchev–Trinajstić information content (AvgIpc) is 2.39. The zero-order valence-corrected chi connectivity index (χ0v) is 11.8. The summed E-state index contributed by atoms with van der Waals surface area (Å²) in [4.78, 5) is 2.31. The molecular weight excluding hydrogens is 226 g/mol. The van der Waals surface area contributed by atoms with Gasteiger partial charge in [0.25, 0.3) is 0 Å². The first kappa shape index (κ1) is 14.8. The number of ether oxygens (including phenoxy) is 2. The predicted molar refractivity (Wildman–Crippen MR) is 75.5 cm³/mol. The van der Waals surface area contributed by atoms with Crippen LogP contribution in [0.5, 0.6) is 11.5 Å². The van der Waals surface area contributed by atoms with E-state index in [1.54, 1.807) is 7.11 Å². The quantitative estimate of drug-likeness (QED) is 0.629. The van der Waals surface area contributed by atoms with Crippen molar-refractivity contribution in [3.05, 3.63) is 24.3 Å². The van der Waals surface area contributed by atoms with Crippen molar-refractivity contribution in [2.75, 3.05) is 33.9 Å². The minimum atomic E-state index is 0.697. The van der Waals surface area contributed by atoms with Gasteiger partial charge in [0.1, 0.15) is 6.61 Å². The van der Waals surface area contributed by atoms with Crippen LogP contribution in [0.3, 0.4) is 0 Å². The van der Waals surface area contributed by atoms with Crippen molar-refractivity contribution in [1.82, 2.24) is 4.90 Å². The molecule has 102 valence electrons. The Morgan fingerprint density at radius 1 is 1.06 bits per heavy atom. The van der Waals surface area contributed by atoms with Crippen LogP contribution in [0.15, 0.2) is 24.3 Å². The van der Waals surface area contributed by atoms with Crippen LogP contribution in [0.1, 0.15) is 26.2 Å². The molecule has 18 heavy (non-hydrogen) atoms. The van der Waals surface area contributed by atoms with Crippen molar-refractivity contribution in [2.45, 2.75) is 26.2 Å². The van der Waals surface area contributed by atoms with Crippen molar-refractivity contribution in [1.29, 1.82) is 0 Å². The smallest absolute Gasteiger partial charge is 0.161 e. The monoisotopic (exact) mass is 251 g/mol. The minimum Gasteiger partial charge on any atom is -0.493 e. The summed E-state index contributed by atoms with van der Waals surface area (Å²) < 4.78 is 11.0. The number of hydrogen-bond donors (Lipinski definition) is 0. The molecular formula is C15H25NO2. The molecule has 0 aliphatic rings. The second-order valence-electron chi connectivity index (χ2n) is 4.51. The molecule has 0 unspecified atom stereocenters. The van der Waals surface area contributed by atoms with Gasteiger partial charge in [0, 0.05) is 6.54 Å². The Balaban J connectivity index is 2.24. The number of nitrogens with zero attached hydrogens (tertiary/aromatic N) is 1. The van der Waals surface area contributed by atoms with Gasteiger partial charge in [-0.3, -0.25) is 0 Å². The molecule has 0 spiro atoms. The van der Waals surface area contributed by atoms with Crippen LogP contribution >= 0.6 is 0 Å². The zero-order valence-electron chi connectivity index (χ0n) is 11.8. The third-order valence-electron chi connectivity index (χ3n) is 2.94. The zero-order chi connectivity index (χ0) is 13.2. The van der Waals surface area contributed by atoms with E-state index in [1.807, 2.05) is 24.3 Å². The molecule has 0 heterocycles. The Morgan fingerprint density at radius 3 is 2.44 bits per heavy atom. The van der Waals surface area contributed by atoms with E-state index >= 15 is 0 Å². The molecule has 0 aromatic heterocycles. The highest BCUT2D eigenvalue weighted by molar-refractivity contribution is 5.39. The lowest BCUT2D eigenvalue weighted by Crippen LogP contribution is -2.25. The van der Waals surface area contributed by atoms with Crippen molar-refractivity contribution in [3.63, 3.8) is 0 Å². The second kappa shape index (κ2) is 8.81. The number of benzene rings is 1. The van der Waals surface area contributed by atoms with Crippen LogP contribution in [-0.2, 0) is 0 Å². The van der Waals surface area contributed by atoms with E-state index in [1.165, 1.54) is 19.3 Å². The fourth-order valence-electron chi connectivity index (χ4n) is 1.79. The van der Waals surface area contributed by atoms with Gasteiger partial charge in [-0.25, -0.2) is 0 Å². The molecule has 0 atom stereocenters. The topological polar surface area (TPSA) is 21.7 Å². The van der Waals surface area contributed by atoms with Gasteiger partial charge in [0.15, 0.2) is 11.5 Å². The first-order chi connectivity index (χ1) is 8.77. The standard InChI is InChI=1S/C15H25NO2/c1-4-5-8-11-16(2)12-13-18-15-10-7-6-9-14(15)17-3/h6-7,9-10H,4-5,8,11-13H2,1-3H3. The molecule has 0 aliphatic carbocycles. The summed E-state index contributed by atoms with van der Waals surface area (Å²) in [6, 6.07) is 7.77. The normalized spacial score (nSPS) is 10.7. The van der Waals surface area contributed by atoms with E-state index in [0.717, 1.165) is 24.6 Å². The summed E-state index contributed by atoms with van der Waals surface area (Å²) >= 11 is 0. The highest BCUT2D eigenvalue weighted by atomic mass is 16.5. The number of likely N-dealkylation sites (N-methyl/N-ethyl adjacent to an activating group) is 1. The highest BCUT2D eigenvalue weighted by Gasteiger charge is 2.03. The maximum atomic E-state index is 5.74. The van der Waals surface area contributed by atoms with Gasteiger partial charge in [-0.2, -0.15) is 0 Å². The number of unbranched alkanes of at least 4 members (excludes halogenated alkanes) is 2. The summed E-state index contributed by atoms with van der Waals surface area (Å²) in [7, 11) is 3.81. The Morgan fingerprint density at radius 2 is 1.78 bits per heavy atom. The van der Waals surface area contributed by atoms with Crippen LogP contribution in [0.4, 0.5) is 0 Å².